The monoisotopic (exact) mass is 182 g/mol. The van der Waals surface area contributed by atoms with Crippen molar-refractivity contribution in [3.63, 3.8) is 0 Å². The van der Waals surface area contributed by atoms with E-state index >= 15 is 0 Å². The van der Waals surface area contributed by atoms with E-state index in [9.17, 15) is 0 Å². The molecule has 2 saturated heterocycles. The van der Waals surface area contributed by atoms with Crippen LogP contribution in [-0.2, 0) is 0 Å². The van der Waals surface area contributed by atoms with Gasteiger partial charge < -0.3 is 10.2 Å². The van der Waals surface area contributed by atoms with Gasteiger partial charge in [0.05, 0.1) is 0 Å². The fourth-order valence-electron chi connectivity index (χ4n) is 2.86. The van der Waals surface area contributed by atoms with Crippen LogP contribution in [0.25, 0.3) is 0 Å². The highest BCUT2D eigenvalue weighted by molar-refractivity contribution is 4.85. The third kappa shape index (κ3) is 2.23. The van der Waals surface area contributed by atoms with Crippen molar-refractivity contribution in [3.8, 4) is 0 Å². The van der Waals surface area contributed by atoms with Gasteiger partial charge in [0.2, 0.25) is 0 Å². The normalized spacial score (nSPS) is 35.8. The highest BCUT2D eigenvalue weighted by Crippen LogP contribution is 2.28. The van der Waals surface area contributed by atoms with Crippen molar-refractivity contribution >= 4 is 0 Å². The van der Waals surface area contributed by atoms with Crippen LogP contribution < -0.4 is 5.32 Å². The van der Waals surface area contributed by atoms with E-state index in [2.05, 4.69) is 17.1 Å². The fraction of sp³-hybridized carbons (Fsp3) is 1.00. The number of hydrogen-bond donors (Lipinski definition) is 1. The molecule has 2 nitrogen and oxygen atoms in total. The molecule has 76 valence electrons. The molecule has 0 spiro atoms. The molecule has 2 unspecified atom stereocenters. The molecule has 2 aliphatic heterocycles. The van der Waals surface area contributed by atoms with E-state index in [1.807, 2.05) is 0 Å². The molecule has 1 N–H and O–H groups in total. The summed E-state index contributed by atoms with van der Waals surface area (Å²) >= 11 is 0. The minimum atomic E-state index is 0.953. The molecule has 2 heterocycles. The first kappa shape index (κ1) is 9.47. The van der Waals surface area contributed by atoms with Gasteiger partial charge in [0.25, 0.3) is 0 Å². The van der Waals surface area contributed by atoms with Crippen LogP contribution in [0.1, 0.15) is 26.2 Å². The Bertz CT molecular complexity index is 158. The van der Waals surface area contributed by atoms with Gasteiger partial charge in [-0.15, -0.1) is 0 Å². The van der Waals surface area contributed by atoms with Crippen LogP contribution in [0.3, 0.4) is 0 Å². The van der Waals surface area contributed by atoms with E-state index < -0.39 is 0 Å². The summed E-state index contributed by atoms with van der Waals surface area (Å²) in [5.74, 6) is 1.99. The van der Waals surface area contributed by atoms with Crippen molar-refractivity contribution in [3.05, 3.63) is 0 Å². The van der Waals surface area contributed by atoms with Crippen molar-refractivity contribution in [2.75, 3.05) is 32.7 Å². The quantitative estimate of drug-likeness (QED) is 0.693. The lowest BCUT2D eigenvalue weighted by Crippen LogP contribution is -2.48. The van der Waals surface area contributed by atoms with Crippen molar-refractivity contribution in [2.24, 2.45) is 11.8 Å². The smallest absolute Gasteiger partial charge is 0.00245 e. The number of rotatable bonds is 2. The Kier molecular flexibility index (Phi) is 3.23. The average Bonchev–Trinajstić information content (AvgIpc) is 2.18. The van der Waals surface area contributed by atoms with Gasteiger partial charge >= 0.3 is 0 Å². The highest BCUT2D eigenvalue weighted by atomic mass is 15.1. The first-order valence-electron chi connectivity index (χ1n) is 5.83. The molecule has 2 rings (SSSR count). The molecule has 13 heavy (non-hydrogen) atoms. The van der Waals surface area contributed by atoms with Crippen LogP contribution in [0.4, 0.5) is 0 Å². The number of nitrogens with zero attached hydrogens (tertiary/aromatic N) is 1. The number of nitrogens with one attached hydrogen (secondary N) is 1. The third-order valence-corrected chi connectivity index (χ3v) is 3.61. The molecule has 0 aromatic carbocycles. The second-order valence-electron chi connectivity index (χ2n) is 4.60. The van der Waals surface area contributed by atoms with E-state index in [1.165, 1.54) is 52.0 Å². The topological polar surface area (TPSA) is 15.3 Å². The van der Waals surface area contributed by atoms with Crippen LogP contribution in [0, 0.1) is 11.8 Å². The second-order valence-corrected chi connectivity index (χ2v) is 4.60. The van der Waals surface area contributed by atoms with Crippen LogP contribution >= 0.6 is 0 Å². The van der Waals surface area contributed by atoms with Gasteiger partial charge in [0.15, 0.2) is 0 Å². The maximum Gasteiger partial charge on any atom is 0.00245 e. The predicted octanol–water partition coefficient (Wildman–Crippen LogP) is 1.33. The summed E-state index contributed by atoms with van der Waals surface area (Å²) in [6.07, 6.45) is 4.18. The van der Waals surface area contributed by atoms with E-state index in [1.54, 1.807) is 0 Å². The first-order chi connectivity index (χ1) is 6.40. The molecule has 0 amide bonds. The summed E-state index contributed by atoms with van der Waals surface area (Å²) < 4.78 is 0. The maximum atomic E-state index is 3.52. The summed E-state index contributed by atoms with van der Waals surface area (Å²) in [4.78, 5) is 2.65. The Hall–Kier alpha value is -0.0800. The molecule has 0 aromatic heterocycles. The second kappa shape index (κ2) is 4.43. The largest absolute Gasteiger partial charge is 0.316 e. The maximum absolute atomic E-state index is 3.52. The van der Waals surface area contributed by atoms with E-state index in [0.717, 1.165) is 11.8 Å². The van der Waals surface area contributed by atoms with Crippen LogP contribution in [0.15, 0.2) is 0 Å². The van der Waals surface area contributed by atoms with Crippen LogP contribution in [0.2, 0.25) is 0 Å². The lowest BCUT2D eigenvalue weighted by molar-refractivity contribution is 0.0961. The van der Waals surface area contributed by atoms with Gasteiger partial charge in [-0.05, 0) is 57.3 Å². The van der Waals surface area contributed by atoms with Gasteiger partial charge in [-0.1, -0.05) is 6.92 Å². The fourth-order valence-corrected chi connectivity index (χ4v) is 2.86. The van der Waals surface area contributed by atoms with E-state index in [0.29, 0.717) is 0 Å². The summed E-state index contributed by atoms with van der Waals surface area (Å²) in [5.41, 5.74) is 0. The Morgan fingerprint density at radius 1 is 1.31 bits per heavy atom. The van der Waals surface area contributed by atoms with Crippen LogP contribution in [-0.4, -0.2) is 37.6 Å². The lowest BCUT2D eigenvalue weighted by atomic mass is 9.81. The minimum absolute atomic E-state index is 0.953. The van der Waals surface area contributed by atoms with Crippen molar-refractivity contribution in [1.29, 1.82) is 0 Å². The van der Waals surface area contributed by atoms with Crippen LogP contribution in [0.5, 0.6) is 0 Å². The van der Waals surface area contributed by atoms with Gasteiger partial charge in [0, 0.05) is 6.54 Å². The Balaban J connectivity index is 1.84. The molecule has 0 aromatic rings. The van der Waals surface area contributed by atoms with Crippen molar-refractivity contribution in [1.82, 2.24) is 10.2 Å². The Morgan fingerprint density at radius 3 is 3.08 bits per heavy atom. The lowest BCUT2D eigenvalue weighted by Gasteiger charge is -2.41. The Morgan fingerprint density at radius 2 is 2.23 bits per heavy atom. The van der Waals surface area contributed by atoms with Crippen molar-refractivity contribution < 1.29 is 0 Å². The van der Waals surface area contributed by atoms with Gasteiger partial charge in [-0.25, -0.2) is 0 Å². The Labute approximate surface area is 81.7 Å². The first-order valence-corrected chi connectivity index (χ1v) is 5.83. The number of piperidine rings is 2. The van der Waals surface area contributed by atoms with Gasteiger partial charge in [0.1, 0.15) is 0 Å². The minimum Gasteiger partial charge on any atom is -0.316 e. The zero-order chi connectivity index (χ0) is 9.10. The summed E-state index contributed by atoms with van der Waals surface area (Å²) in [7, 11) is 0. The summed E-state index contributed by atoms with van der Waals surface area (Å²) in [5, 5.41) is 3.52. The molecular weight excluding hydrogens is 160 g/mol. The molecule has 2 fully saturated rings. The zero-order valence-corrected chi connectivity index (χ0v) is 8.76. The van der Waals surface area contributed by atoms with Crippen molar-refractivity contribution in [2.45, 2.75) is 26.2 Å². The van der Waals surface area contributed by atoms with Gasteiger partial charge in [-0.2, -0.15) is 0 Å². The molecule has 2 heteroatoms. The number of hydrogen-bond acceptors (Lipinski definition) is 2. The van der Waals surface area contributed by atoms with E-state index in [-0.39, 0.29) is 0 Å². The summed E-state index contributed by atoms with van der Waals surface area (Å²) in [6.45, 7) is 8.83. The zero-order valence-electron chi connectivity index (χ0n) is 8.76. The molecule has 2 aliphatic rings. The molecule has 0 bridgehead atoms. The van der Waals surface area contributed by atoms with Gasteiger partial charge in [-0.3, -0.25) is 0 Å². The number of likely N-dealkylation sites (tertiary alicyclic amines) is 1. The standard InChI is InChI=1S/C11H22N2/c1-2-6-13-7-4-10-3-5-12-8-11(10)9-13/h10-12H,2-9H2,1H3. The predicted molar refractivity (Wildman–Crippen MR) is 55.8 cm³/mol. The number of fused-ring (bicyclic) bond motifs is 1. The molecule has 0 radical (unpaired) electrons. The molecular formula is C11H22N2. The van der Waals surface area contributed by atoms with E-state index in [4.69, 9.17) is 0 Å². The average molecular weight is 182 g/mol. The molecule has 0 saturated carbocycles. The molecule has 0 aliphatic carbocycles. The molecule has 2 atom stereocenters. The SMILES string of the molecule is CCCN1CCC2CCNCC2C1. The third-order valence-electron chi connectivity index (χ3n) is 3.61. The highest BCUT2D eigenvalue weighted by Gasteiger charge is 2.30. The summed E-state index contributed by atoms with van der Waals surface area (Å²) in [6, 6.07) is 0.